The molecular formula is C22H22N2O3. The minimum atomic E-state index is -0.253. The summed E-state index contributed by atoms with van der Waals surface area (Å²) in [5, 5.41) is 19.9. The van der Waals surface area contributed by atoms with Gasteiger partial charge in [0.05, 0.1) is 25.5 Å². The predicted molar refractivity (Wildman–Crippen MR) is 105 cm³/mol. The van der Waals surface area contributed by atoms with Gasteiger partial charge in [0.25, 0.3) is 0 Å². The van der Waals surface area contributed by atoms with Crippen molar-refractivity contribution in [2.24, 2.45) is 4.99 Å². The second-order valence-electron chi connectivity index (χ2n) is 6.15. The molecule has 5 nitrogen and oxygen atoms in total. The van der Waals surface area contributed by atoms with Crippen molar-refractivity contribution in [3.8, 4) is 11.5 Å². The lowest BCUT2D eigenvalue weighted by Gasteiger charge is -2.15. The number of methoxy groups -OCH3 is 1. The summed E-state index contributed by atoms with van der Waals surface area (Å²) in [4.78, 5) is 8.82. The van der Waals surface area contributed by atoms with Crippen LogP contribution >= 0.6 is 0 Å². The molecule has 1 heterocycles. The van der Waals surface area contributed by atoms with Gasteiger partial charge >= 0.3 is 0 Å². The van der Waals surface area contributed by atoms with Crippen LogP contribution in [0.3, 0.4) is 0 Å². The summed E-state index contributed by atoms with van der Waals surface area (Å²) >= 11 is 0. The van der Waals surface area contributed by atoms with Crippen LogP contribution in [-0.2, 0) is 6.61 Å². The molecule has 0 fully saturated rings. The van der Waals surface area contributed by atoms with E-state index in [1.807, 2.05) is 54.6 Å². The average molecular weight is 362 g/mol. The third-order valence-electron chi connectivity index (χ3n) is 4.43. The third-order valence-corrected chi connectivity index (χ3v) is 4.43. The largest absolute Gasteiger partial charge is 0.505 e. The number of aromatic nitrogens is 1. The van der Waals surface area contributed by atoms with Crippen LogP contribution in [-0.4, -0.2) is 28.5 Å². The molecule has 138 valence electrons. The lowest BCUT2D eigenvalue weighted by Crippen LogP contribution is -2.02. The van der Waals surface area contributed by atoms with Gasteiger partial charge in [-0.15, -0.1) is 0 Å². The highest BCUT2D eigenvalue weighted by Gasteiger charge is 2.14. The number of ether oxygens (including phenoxy) is 1. The Hall–Kier alpha value is -3.18. The number of hydrogen-bond donors (Lipinski definition) is 2. The van der Waals surface area contributed by atoms with Crippen LogP contribution in [0.25, 0.3) is 0 Å². The first kappa shape index (κ1) is 18.6. The van der Waals surface area contributed by atoms with Crippen molar-refractivity contribution in [2.45, 2.75) is 19.6 Å². The van der Waals surface area contributed by atoms with Crippen molar-refractivity contribution in [1.82, 2.24) is 4.98 Å². The zero-order chi connectivity index (χ0) is 19.2. The van der Waals surface area contributed by atoms with Gasteiger partial charge in [-0.2, -0.15) is 0 Å². The van der Waals surface area contributed by atoms with Crippen LogP contribution in [0.1, 0.15) is 34.0 Å². The first-order valence-electron chi connectivity index (χ1n) is 8.64. The molecule has 5 heteroatoms. The minimum Gasteiger partial charge on any atom is -0.505 e. The number of rotatable bonds is 6. The fourth-order valence-corrected chi connectivity index (χ4v) is 2.86. The summed E-state index contributed by atoms with van der Waals surface area (Å²) < 4.78 is 5.24. The number of pyridine rings is 1. The molecule has 3 rings (SSSR count). The van der Waals surface area contributed by atoms with Crippen LogP contribution in [0.2, 0.25) is 0 Å². The minimum absolute atomic E-state index is 0.0341. The molecule has 0 aliphatic rings. The summed E-state index contributed by atoms with van der Waals surface area (Å²) in [6.07, 6.45) is 3.17. The van der Waals surface area contributed by atoms with Gasteiger partial charge < -0.3 is 14.9 Å². The highest BCUT2D eigenvalue weighted by molar-refractivity contribution is 5.86. The van der Waals surface area contributed by atoms with Crippen LogP contribution in [0, 0.1) is 6.92 Å². The van der Waals surface area contributed by atoms with Gasteiger partial charge in [0.15, 0.2) is 0 Å². The topological polar surface area (TPSA) is 74.9 Å². The monoisotopic (exact) mass is 362 g/mol. The summed E-state index contributed by atoms with van der Waals surface area (Å²) in [5.41, 5.74) is 3.53. The quantitative estimate of drug-likeness (QED) is 0.654. The number of hydrogen-bond acceptors (Lipinski definition) is 5. The molecule has 0 saturated heterocycles. The van der Waals surface area contributed by atoms with E-state index < -0.39 is 0 Å². The van der Waals surface area contributed by atoms with E-state index in [0.29, 0.717) is 16.8 Å². The normalized spacial score (nSPS) is 12.3. The Morgan fingerprint density at radius 3 is 2.37 bits per heavy atom. The maximum Gasteiger partial charge on any atom is 0.145 e. The summed E-state index contributed by atoms with van der Waals surface area (Å²) in [5.74, 6) is 0.811. The SMILES string of the molecule is COc1ccc([C@@H](N=Cc2c(CO)cnc(C)c2O)c2ccccc2)cc1. The highest BCUT2D eigenvalue weighted by atomic mass is 16.5. The number of nitrogens with zero attached hydrogens (tertiary/aromatic N) is 2. The van der Waals surface area contributed by atoms with E-state index in [1.165, 1.54) is 0 Å². The summed E-state index contributed by atoms with van der Waals surface area (Å²) in [6.45, 7) is 1.49. The lowest BCUT2D eigenvalue weighted by molar-refractivity contribution is 0.280. The molecule has 2 aromatic carbocycles. The molecule has 0 unspecified atom stereocenters. The fourth-order valence-electron chi connectivity index (χ4n) is 2.86. The smallest absolute Gasteiger partial charge is 0.145 e. The van der Waals surface area contributed by atoms with Gasteiger partial charge in [-0.05, 0) is 30.2 Å². The van der Waals surface area contributed by atoms with Gasteiger partial charge in [-0.1, -0.05) is 42.5 Å². The molecule has 3 aromatic rings. The Kier molecular flexibility index (Phi) is 5.84. The fraction of sp³-hybridized carbons (Fsp3) is 0.182. The Morgan fingerprint density at radius 2 is 1.74 bits per heavy atom. The summed E-state index contributed by atoms with van der Waals surface area (Å²) in [6, 6.07) is 17.4. The molecule has 0 aliphatic heterocycles. The molecule has 0 spiro atoms. The Labute approximate surface area is 158 Å². The van der Waals surface area contributed by atoms with Gasteiger partial charge in [0.1, 0.15) is 11.5 Å². The number of aliphatic hydroxyl groups is 1. The van der Waals surface area contributed by atoms with E-state index in [9.17, 15) is 10.2 Å². The van der Waals surface area contributed by atoms with Crippen molar-refractivity contribution in [3.05, 3.63) is 88.7 Å². The maximum absolute atomic E-state index is 10.4. The third kappa shape index (κ3) is 4.15. The second kappa shape index (κ2) is 8.47. The summed E-state index contributed by atoms with van der Waals surface area (Å²) in [7, 11) is 1.63. The number of aliphatic hydroxyl groups excluding tert-OH is 1. The van der Waals surface area contributed by atoms with Crippen molar-refractivity contribution in [3.63, 3.8) is 0 Å². The van der Waals surface area contributed by atoms with E-state index >= 15 is 0 Å². The first-order valence-corrected chi connectivity index (χ1v) is 8.64. The van der Waals surface area contributed by atoms with Crippen LogP contribution in [0.15, 0.2) is 65.8 Å². The Bertz CT molecular complexity index is 922. The van der Waals surface area contributed by atoms with Gasteiger partial charge in [0, 0.05) is 23.5 Å². The molecule has 0 radical (unpaired) electrons. The van der Waals surface area contributed by atoms with Gasteiger partial charge in [0.2, 0.25) is 0 Å². The van der Waals surface area contributed by atoms with Crippen molar-refractivity contribution < 1.29 is 14.9 Å². The van der Waals surface area contributed by atoms with Gasteiger partial charge in [-0.3, -0.25) is 9.98 Å². The molecule has 0 aliphatic carbocycles. The Balaban J connectivity index is 2.04. The van der Waals surface area contributed by atoms with E-state index in [4.69, 9.17) is 9.73 Å². The number of aryl methyl sites for hydroxylation is 1. The lowest BCUT2D eigenvalue weighted by atomic mass is 9.99. The van der Waals surface area contributed by atoms with Crippen LogP contribution < -0.4 is 4.74 Å². The number of benzene rings is 2. The maximum atomic E-state index is 10.4. The highest BCUT2D eigenvalue weighted by Crippen LogP contribution is 2.29. The zero-order valence-corrected chi connectivity index (χ0v) is 15.3. The van der Waals surface area contributed by atoms with E-state index in [2.05, 4.69) is 4.98 Å². The zero-order valence-electron chi connectivity index (χ0n) is 15.3. The average Bonchev–Trinajstić information content (AvgIpc) is 2.72. The predicted octanol–water partition coefficient (Wildman–Crippen LogP) is 3.81. The van der Waals surface area contributed by atoms with Crippen molar-refractivity contribution >= 4 is 6.21 Å². The molecule has 1 atom stereocenters. The van der Waals surface area contributed by atoms with Crippen LogP contribution in [0.5, 0.6) is 11.5 Å². The van der Waals surface area contributed by atoms with Crippen molar-refractivity contribution in [2.75, 3.05) is 7.11 Å². The number of aromatic hydroxyl groups is 1. The molecule has 0 bridgehead atoms. The molecule has 2 N–H and O–H groups in total. The molecule has 0 saturated carbocycles. The van der Waals surface area contributed by atoms with Crippen molar-refractivity contribution in [1.29, 1.82) is 0 Å². The second-order valence-corrected chi connectivity index (χ2v) is 6.15. The van der Waals surface area contributed by atoms with E-state index in [1.54, 1.807) is 26.4 Å². The van der Waals surface area contributed by atoms with E-state index in [-0.39, 0.29) is 18.4 Å². The number of aliphatic imine (C=N–C) groups is 1. The van der Waals surface area contributed by atoms with Crippen LogP contribution in [0.4, 0.5) is 0 Å². The molecule has 1 aromatic heterocycles. The Morgan fingerprint density at radius 1 is 1.07 bits per heavy atom. The van der Waals surface area contributed by atoms with Gasteiger partial charge in [-0.25, -0.2) is 0 Å². The molecule has 27 heavy (non-hydrogen) atoms. The van der Waals surface area contributed by atoms with E-state index in [0.717, 1.165) is 16.9 Å². The molecule has 0 amide bonds. The standard InChI is InChI=1S/C22H22N2O3/c1-15-22(26)20(18(14-25)12-23-15)13-24-21(16-6-4-3-5-7-16)17-8-10-19(27-2)11-9-17/h3-13,21,25-26H,14H2,1-2H3/t21-/m0/s1. The molecular weight excluding hydrogens is 340 g/mol. The first-order chi connectivity index (χ1) is 13.1.